The van der Waals surface area contributed by atoms with Crippen LogP contribution in [0.3, 0.4) is 0 Å². The van der Waals surface area contributed by atoms with Gasteiger partial charge in [-0.15, -0.1) is 0 Å². The highest BCUT2D eigenvalue weighted by Gasteiger charge is 2.54. The van der Waals surface area contributed by atoms with Gasteiger partial charge in [0.05, 0.1) is 7.11 Å². The highest BCUT2D eigenvalue weighted by atomic mass is 19.1. The number of piperidine rings is 1. The first-order valence-corrected chi connectivity index (χ1v) is 11.4. The van der Waals surface area contributed by atoms with Crippen LogP contribution in [0.4, 0.5) is 9.18 Å². The van der Waals surface area contributed by atoms with Crippen LogP contribution in [-0.4, -0.2) is 60.6 Å². The van der Waals surface area contributed by atoms with E-state index < -0.39 is 12.0 Å². The maximum absolute atomic E-state index is 13.5. The Bertz CT molecular complexity index is 775. The first-order chi connectivity index (χ1) is 14.7. The second-order valence-electron chi connectivity index (χ2n) is 9.41. The van der Waals surface area contributed by atoms with Crippen LogP contribution in [0.2, 0.25) is 0 Å². The molecule has 0 aliphatic carbocycles. The third-order valence-corrected chi connectivity index (χ3v) is 7.25. The van der Waals surface area contributed by atoms with Crippen LogP contribution >= 0.6 is 0 Å². The molecule has 2 saturated heterocycles. The van der Waals surface area contributed by atoms with E-state index in [-0.39, 0.29) is 29.2 Å². The third kappa shape index (κ3) is 4.71. The summed E-state index contributed by atoms with van der Waals surface area (Å²) in [5, 5.41) is 2.89. The molecule has 172 valence electrons. The molecule has 7 heteroatoms. The molecule has 0 aromatic heterocycles. The van der Waals surface area contributed by atoms with Crippen LogP contribution in [0.15, 0.2) is 24.3 Å². The van der Waals surface area contributed by atoms with E-state index >= 15 is 0 Å². The number of methoxy groups -OCH3 is 1. The summed E-state index contributed by atoms with van der Waals surface area (Å²) in [6.07, 6.45) is 2.54. The van der Waals surface area contributed by atoms with Crippen molar-refractivity contribution < 1.29 is 18.7 Å². The number of nitrogens with one attached hydrogen (secondary N) is 1. The van der Waals surface area contributed by atoms with Crippen LogP contribution in [0.1, 0.15) is 58.6 Å². The van der Waals surface area contributed by atoms with Gasteiger partial charge in [0.2, 0.25) is 0 Å². The minimum absolute atomic E-state index is 0.00150. The van der Waals surface area contributed by atoms with Crippen molar-refractivity contribution >= 4 is 12.0 Å². The van der Waals surface area contributed by atoms with Gasteiger partial charge in [-0.3, -0.25) is 4.90 Å². The number of ether oxygens (including phenoxy) is 1. The van der Waals surface area contributed by atoms with Crippen LogP contribution in [0.25, 0.3) is 0 Å². The van der Waals surface area contributed by atoms with Crippen molar-refractivity contribution in [2.75, 3.05) is 26.7 Å². The number of urea groups is 1. The third-order valence-electron chi connectivity index (χ3n) is 7.25. The molecule has 1 spiro atoms. The molecule has 2 amide bonds. The summed E-state index contributed by atoms with van der Waals surface area (Å²) in [6, 6.07) is 6.65. The fourth-order valence-electron chi connectivity index (χ4n) is 5.06. The molecule has 0 bridgehead atoms. The molecule has 3 atom stereocenters. The number of nitrogens with zero attached hydrogens (tertiary/aromatic N) is 2. The Kier molecular flexibility index (Phi) is 7.24. The van der Waals surface area contributed by atoms with Crippen molar-refractivity contribution in [3.05, 3.63) is 35.6 Å². The number of hydrogen-bond acceptors (Lipinski definition) is 4. The smallest absolute Gasteiger partial charge is 0.328 e. The lowest BCUT2D eigenvalue weighted by Gasteiger charge is -2.62. The fourth-order valence-corrected chi connectivity index (χ4v) is 5.06. The number of likely N-dealkylation sites (tertiary alicyclic amines) is 2. The van der Waals surface area contributed by atoms with Gasteiger partial charge in [-0.2, -0.15) is 0 Å². The second kappa shape index (κ2) is 9.55. The average Bonchev–Trinajstić information content (AvgIpc) is 2.76. The summed E-state index contributed by atoms with van der Waals surface area (Å²) in [5.41, 5.74) is 1.24. The molecule has 2 fully saturated rings. The second-order valence-corrected chi connectivity index (χ2v) is 9.41. The van der Waals surface area contributed by atoms with Crippen LogP contribution in [0.5, 0.6) is 0 Å². The van der Waals surface area contributed by atoms with Gasteiger partial charge in [-0.05, 0) is 50.3 Å². The first-order valence-electron chi connectivity index (χ1n) is 11.4. The summed E-state index contributed by atoms with van der Waals surface area (Å²) in [5.74, 6) is -0.623. The predicted molar refractivity (Wildman–Crippen MR) is 118 cm³/mol. The van der Waals surface area contributed by atoms with E-state index in [1.807, 2.05) is 30.9 Å². The number of halogens is 1. The van der Waals surface area contributed by atoms with E-state index in [0.29, 0.717) is 19.1 Å². The Balaban J connectivity index is 1.67. The van der Waals surface area contributed by atoms with Crippen LogP contribution < -0.4 is 5.32 Å². The van der Waals surface area contributed by atoms with E-state index in [4.69, 9.17) is 4.74 Å². The Morgan fingerprint density at radius 1 is 1.19 bits per heavy atom. The zero-order valence-electron chi connectivity index (χ0n) is 19.4. The summed E-state index contributed by atoms with van der Waals surface area (Å²) in [4.78, 5) is 29.3. The normalized spacial score (nSPS) is 22.7. The summed E-state index contributed by atoms with van der Waals surface area (Å²) < 4.78 is 18.4. The molecule has 1 aromatic carbocycles. The quantitative estimate of drug-likeness (QED) is 0.690. The van der Waals surface area contributed by atoms with Crippen molar-refractivity contribution in [1.29, 1.82) is 0 Å². The molecular weight excluding hydrogens is 397 g/mol. The van der Waals surface area contributed by atoms with E-state index in [9.17, 15) is 14.0 Å². The highest BCUT2D eigenvalue weighted by molar-refractivity contribution is 5.83. The lowest BCUT2D eigenvalue weighted by atomic mass is 9.62. The largest absolute Gasteiger partial charge is 0.467 e. The van der Waals surface area contributed by atoms with Crippen molar-refractivity contribution in [2.24, 2.45) is 11.3 Å². The van der Waals surface area contributed by atoms with Crippen LogP contribution in [-0.2, 0) is 9.53 Å². The molecule has 6 nitrogen and oxygen atoms in total. The van der Waals surface area contributed by atoms with Crippen molar-refractivity contribution in [3.8, 4) is 0 Å². The Labute approximate surface area is 185 Å². The van der Waals surface area contributed by atoms with Gasteiger partial charge in [0, 0.05) is 37.1 Å². The standard InChI is InChI=1S/C24H36FN3O3/c1-6-17(4)20(22(29)31-5)26-23(30)27-13-11-24(12-14-27)15-28(16(2)3)21(24)18-7-9-19(25)10-8-18/h7-10,16-17,20-21H,6,11-15H2,1-5H3,(H,26,30)/t17-,20-,21?/m0/s1. The predicted octanol–water partition coefficient (Wildman–Crippen LogP) is 3.97. The van der Waals surface area contributed by atoms with E-state index in [0.717, 1.165) is 31.4 Å². The maximum atomic E-state index is 13.5. The Morgan fingerprint density at radius 2 is 1.81 bits per heavy atom. The Hall–Kier alpha value is -2.15. The van der Waals surface area contributed by atoms with Crippen molar-refractivity contribution in [2.45, 2.75) is 65.1 Å². The monoisotopic (exact) mass is 433 g/mol. The van der Waals surface area contributed by atoms with E-state index in [1.54, 1.807) is 0 Å². The highest BCUT2D eigenvalue weighted by Crippen LogP contribution is 2.55. The molecule has 1 N–H and O–H groups in total. The molecule has 0 saturated carbocycles. The number of carbonyl (C=O) groups excluding carboxylic acids is 2. The minimum atomic E-state index is -0.634. The zero-order chi connectivity index (χ0) is 22.8. The molecule has 2 aliphatic rings. The van der Waals surface area contributed by atoms with Gasteiger partial charge in [0.1, 0.15) is 11.9 Å². The van der Waals surface area contributed by atoms with Crippen LogP contribution in [0, 0.1) is 17.2 Å². The molecular formula is C24H36FN3O3. The summed E-state index contributed by atoms with van der Waals surface area (Å²) in [6.45, 7) is 10.6. The zero-order valence-corrected chi connectivity index (χ0v) is 19.4. The Morgan fingerprint density at radius 3 is 2.32 bits per heavy atom. The molecule has 3 rings (SSSR count). The SMILES string of the molecule is CC[C@H](C)[C@H](NC(=O)N1CCC2(CC1)CN(C(C)C)C2c1ccc(F)cc1)C(=O)OC. The summed E-state index contributed by atoms with van der Waals surface area (Å²) in [7, 11) is 1.35. The minimum Gasteiger partial charge on any atom is -0.467 e. The van der Waals surface area contributed by atoms with Gasteiger partial charge in [0.15, 0.2) is 0 Å². The number of carbonyl (C=O) groups is 2. The number of hydrogen-bond donors (Lipinski definition) is 1. The van der Waals surface area contributed by atoms with Gasteiger partial charge in [-0.1, -0.05) is 32.4 Å². The molecule has 1 unspecified atom stereocenters. The van der Waals surface area contributed by atoms with Gasteiger partial charge in [-0.25, -0.2) is 14.0 Å². The van der Waals surface area contributed by atoms with Gasteiger partial charge < -0.3 is 15.0 Å². The molecule has 0 radical (unpaired) electrons. The molecule has 31 heavy (non-hydrogen) atoms. The maximum Gasteiger partial charge on any atom is 0.328 e. The fraction of sp³-hybridized carbons (Fsp3) is 0.667. The molecule has 2 aliphatic heterocycles. The van der Waals surface area contributed by atoms with Gasteiger partial charge in [0.25, 0.3) is 0 Å². The lowest BCUT2D eigenvalue weighted by molar-refractivity contribution is -0.144. The van der Waals surface area contributed by atoms with Crippen molar-refractivity contribution in [3.63, 3.8) is 0 Å². The number of rotatable bonds is 6. The topological polar surface area (TPSA) is 61.9 Å². The van der Waals surface area contributed by atoms with E-state index in [1.165, 1.54) is 19.2 Å². The van der Waals surface area contributed by atoms with Crippen molar-refractivity contribution in [1.82, 2.24) is 15.1 Å². The average molecular weight is 434 g/mol. The summed E-state index contributed by atoms with van der Waals surface area (Å²) >= 11 is 0. The number of benzene rings is 1. The van der Waals surface area contributed by atoms with E-state index in [2.05, 4.69) is 24.1 Å². The lowest BCUT2D eigenvalue weighted by Crippen LogP contribution is -2.64. The molecule has 2 heterocycles. The number of esters is 1. The first kappa shape index (κ1) is 23.5. The van der Waals surface area contributed by atoms with Gasteiger partial charge >= 0.3 is 12.0 Å². The molecule has 1 aromatic rings. The number of amides is 2.